The summed E-state index contributed by atoms with van der Waals surface area (Å²) in [6, 6.07) is 0.480. The maximum Gasteiger partial charge on any atom is 0.326 e. The predicted molar refractivity (Wildman–Crippen MR) is 72.7 cm³/mol. The van der Waals surface area contributed by atoms with Crippen LogP contribution in [0.4, 0.5) is 0 Å². The van der Waals surface area contributed by atoms with E-state index >= 15 is 0 Å². The number of aromatic nitrogens is 1. The van der Waals surface area contributed by atoms with Crippen molar-refractivity contribution in [3.63, 3.8) is 0 Å². The molecule has 0 spiro atoms. The first kappa shape index (κ1) is 14.3. The quantitative estimate of drug-likeness (QED) is 0.844. The molecule has 2 heterocycles. The molecule has 2 unspecified atom stereocenters. The summed E-state index contributed by atoms with van der Waals surface area (Å²) >= 11 is 0. The molecule has 1 aliphatic rings. The zero-order valence-electron chi connectivity index (χ0n) is 11.5. The Morgan fingerprint density at radius 1 is 1.45 bits per heavy atom. The number of likely N-dealkylation sites (tertiary alicyclic amines) is 1. The average Bonchev–Trinajstić information content (AvgIpc) is 2.37. The monoisotopic (exact) mass is 278 g/mol. The number of carboxylic acids is 1. The van der Waals surface area contributed by atoms with E-state index in [1.807, 2.05) is 6.92 Å². The number of nitrogens with zero attached hydrogens (tertiary/aromatic N) is 1. The van der Waals surface area contributed by atoms with Gasteiger partial charge in [0.15, 0.2) is 5.43 Å². The van der Waals surface area contributed by atoms with Crippen LogP contribution in [0.3, 0.4) is 0 Å². The lowest BCUT2D eigenvalue weighted by Gasteiger charge is -2.37. The number of pyridine rings is 1. The summed E-state index contributed by atoms with van der Waals surface area (Å²) in [5, 5.41) is 9.31. The topological polar surface area (TPSA) is 90.5 Å². The molecular weight excluding hydrogens is 260 g/mol. The zero-order chi connectivity index (χ0) is 14.9. The smallest absolute Gasteiger partial charge is 0.326 e. The summed E-state index contributed by atoms with van der Waals surface area (Å²) in [7, 11) is 0. The normalized spacial score (nSPS) is 22.6. The van der Waals surface area contributed by atoms with Gasteiger partial charge in [-0.2, -0.15) is 0 Å². The second-order valence-electron chi connectivity index (χ2n) is 5.30. The molecule has 6 nitrogen and oxygen atoms in total. The Bertz CT molecular complexity index is 593. The van der Waals surface area contributed by atoms with Gasteiger partial charge < -0.3 is 15.0 Å². The molecule has 2 atom stereocenters. The summed E-state index contributed by atoms with van der Waals surface area (Å²) in [4.78, 5) is 39.8. The molecule has 0 saturated carbocycles. The Hall–Kier alpha value is -2.11. The molecule has 108 valence electrons. The summed E-state index contributed by atoms with van der Waals surface area (Å²) < 4.78 is 0. The number of carboxylic acid groups (broad SMARTS) is 1. The fourth-order valence-corrected chi connectivity index (χ4v) is 2.69. The van der Waals surface area contributed by atoms with E-state index in [0.29, 0.717) is 12.2 Å². The molecule has 1 fully saturated rings. The van der Waals surface area contributed by atoms with Crippen LogP contribution in [0, 0.1) is 12.8 Å². The van der Waals surface area contributed by atoms with E-state index in [4.69, 9.17) is 0 Å². The number of aliphatic carboxylic acids is 1. The first-order valence-corrected chi connectivity index (χ1v) is 6.65. The third-order valence-electron chi connectivity index (χ3n) is 3.73. The zero-order valence-corrected chi connectivity index (χ0v) is 11.5. The second kappa shape index (κ2) is 5.48. The van der Waals surface area contributed by atoms with Crippen LogP contribution < -0.4 is 5.43 Å². The molecule has 20 heavy (non-hydrogen) atoms. The van der Waals surface area contributed by atoms with Crippen molar-refractivity contribution in [2.24, 2.45) is 5.92 Å². The molecule has 2 rings (SSSR count). The Balaban J connectivity index is 2.35. The van der Waals surface area contributed by atoms with E-state index < -0.39 is 17.9 Å². The number of rotatable bonds is 2. The second-order valence-corrected chi connectivity index (χ2v) is 5.30. The standard InChI is InChI=1S/C14H18N2O4/c1-8-4-3-5-16(12(8)14(19)20)13(18)10-7-15-9(2)6-11(10)17/h6-8,12H,3-5H2,1-2H3,(H,15,17)(H,19,20). The van der Waals surface area contributed by atoms with Gasteiger partial charge >= 0.3 is 5.97 Å². The number of hydrogen-bond donors (Lipinski definition) is 2. The minimum absolute atomic E-state index is 0.00375. The van der Waals surface area contributed by atoms with Gasteiger partial charge in [-0.25, -0.2) is 4.79 Å². The van der Waals surface area contributed by atoms with Crippen molar-refractivity contribution in [3.8, 4) is 0 Å². The number of nitrogens with one attached hydrogen (secondary N) is 1. The Kier molecular flexibility index (Phi) is 3.92. The number of aromatic amines is 1. The molecule has 1 aromatic rings. The Morgan fingerprint density at radius 2 is 2.15 bits per heavy atom. The van der Waals surface area contributed by atoms with Gasteiger partial charge in [0.2, 0.25) is 0 Å². The van der Waals surface area contributed by atoms with Crippen LogP contribution in [0.15, 0.2) is 17.1 Å². The third kappa shape index (κ3) is 2.59. The number of H-pyrrole nitrogens is 1. The molecule has 1 aromatic heterocycles. The van der Waals surface area contributed by atoms with E-state index in [1.165, 1.54) is 17.2 Å². The van der Waals surface area contributed by atoms with E-state index in [9.17, 15) is 19.5 Å². The number of carbonyl (C=O) groups excluding carboxylic acids is 1. The van der Waals surface area contributed by atoms with Crippen molar-refractivity contribution < 1.29 is 14.7 Å². The number of piperidine rings is 1. The maximum absolute atomic E-state index is 12.4. The fourth-order valence-electron chi connectivity index (χ4n) is 2.69. The highest BCUT2D eigenvalue weighted by Gasteiger charge is 2.37. The minimum atomic E-state index is -1.02. The minimum Gasteiger partial charge on any atom is -0.480 e. The van der Waals surface area contributed by atoms with Crippen molar-refractivity contribution in [2.75, 3.05) is 6.54 Å². The molecule has 0 aromatic carbocycles. The van der Waals surface area contributed by atoms with E-state index in [-0.39, 0.29) is 16.9 Å². The van der Waals surface area contributed by atoms with Crippen molar-refractivity contribution in [3.05, 3.63) is 33.7 Å². The maximum atomic E-state index is 12.4. The molecule has 0 bridgehead atoms. The van der Waals surface area contributed by atoms with Crippen LogP contribution in [0.25, 0.3) is 0 Å². The highest BCUT2D eigenvalue weighted by atomic mass is 16.4. The van der Waals surface area contributed by atoms with Crippen LogP contribution in [-0.2, 0) is 4.79 Å². The van der Waals surface area contributed by atoms with Gasteiger partial charge in [0, 0.05) is 24.5 Å². The highest BCUT2D eigenvalue weighted by Crippen LogP contribution is 2.24. The number of hydrogen-bond acceptors (Lipinski definition) is 3. The highest BCUT2D eigenvalue weighted by molar-refractivity contribution is 5.96. The largest absolute Gasteiger partial charge is 0.480 e. The van der Waals surface area contributed by atoms with Crippen molar-refractivity contribution in [2.45, 2.75) is 32.7 Å². The van der Waals surface area contributed by atoms with Crippen LogP contribution in [0.1, 0.15) is 35.8 Å². The van der Waals surface area contributed by atoms with Crippen molar-refractivity contribution >= 4 is 11.9 Å². The molecule has 0 aliphatic carbocycles. The van der Waals surface area contributed by atoms with Crippen molar-refractivity contribution in [1.29, 1.82) is 0 Å². The van der Waals surface area contributed by atoms with Gasteiger partial charge in [-0.3, -0.25) is 9.59 Å². The fraction of sp³-hybridized carbons (Fsp3) is 0.500. The first-order chi connectivity index (χ1) is 9.41. The lowest BCUT2D eigenvalue weighted by Crippen LogP contribution is -2.52. The molecule has 2 N–H and O–H groups in total. The predicted octanol–water partition coefficient (Wildman–Crippen LogP) is 1.01. The average molecular weight is 278 g/mol. The van der Waals surface area contributed by atoms with Crippen LogP contribution in [0.2, 0.25) is 0 Å². The van der Waals surface area contributed by atoms with Gasteiger partial charge in [-0.15, -0.1) is 0 Å². The van der Waals surface area contributed by atoms with E-state index in [0.717, 1.165) is 12.8 Å². The SMILES string of the molecule is Cc1cc(=O)c(C(=O)N2CCCC(C)C2C(=O)O)c[nH]1. The van der Waals surface area contributed by atoms with Gasteiger partial charge in [0.25, 0.3) is 5.91 Å². The van der Waals surface area contributed by atoms with E-state index in [1.54, 1.807) is 6.92 Å². The molecule has 1 aliphatic heterocycles. The van der Waals surface area contributed by atoms with Crippen LogP contribution in [0.5, 0.6) is 0 Å². The van der Waals surface area contributed by atoms with Gasteiger partial charge in [0.1, 0.15) is 11.6 Å². The van der Waals surface area contributed by atoms with Gasteiger partial charge in [-0.05, 0) is 25.7 Å². The Morgan fingerprint density at radius 3 is 2.75 bits per heavy atom. The van der Waals surface area contributed by atoms with Crippen LogP contribution in [-0.4, -0.2) is 39.5 Å². The molecular formula is C14H18N2O4. The molecule has 1 saturated heterocycles. The molecule has 6 heteroatoms. The van der Waals surface area contributed by atoms with Crippen LogP contribution >= 0.6 is 0 Å². The van der Waals surface area contributed by atoms with E-state index in [2.05, 4.69) is 4.98 Å². The van der Waals surface area contributed by atoms with Gasteiger partial charge in [0.05, 0.1) is 0 Å². The summed E-state index contributed by atoms with van der Waals surface area (Å²) in [5.41, 5.74) is 0.276. The number of aryl methyl sites for hydroxylation is 1. The number of amides is 1. The number of carbonyl (C=O) groups is 2. The lowest BCUT2D eigenvalue weighted by atomic mass is 9.90. The van der Waals surface area contributed by atoms with Crippen molar-refractivity contribution in [1.82, 2.24) is 9.88 Å². The third-order valence-corrected chi connectivity index (χ3v) is 3.73. The van der Waals surface area contributed by atoms with Gasteiger partial charge in [-0.1, -0.05) is 6.92 Å². The summed E-state index contributed by atoms with van der Waals surface area (Å²) in [5.74, 6) is -1.64. The lowest BCUT2D eigenvalue weighted by molar-refractivity contribution is -0.145. The Labute approximate surface area is 116 Å². The summed E-state index contributed by atoms with van der Waals surface area (Å²) in [6.07, 6.45) is 2.88. The summed E-state index contributed by atoms with van der Waals surface area (Å²) in [6.45, 7) is 3.91. The molecule has 0 radical (unpaired) electrons. The molecule has 1 amide bonds. The first-order valence-electron chi connectivity index (χ1n) is 6.65.